The van der Waals surface area contributed by atoms with Gasteiger partial charge in [-0.2, -0.15) is 0 Å². The van der Waals surface area contributed by atoms with E-state index in [4.69, 9.17) is 0 Å². The fraction of sp³-hybridized carbons (Fsp3) is 1.00. The molecule has 2 atom stereocenters. The fourth-order valence-electron chi connectivity index (χ4n) is 2.56. The molecule has 2 saturated heterocycles. The van der Waals surface area contributed by atoms with Gasteiger partial charge in [0.15, 0.2) is 0 Å². The molecule has 76 valence electrons. The van der Waals surface area contributed by atoms with Crippen LogP contribution in [0.15, 0.2) is 0 Å². The molecule has 0 unspecified atom stereocenters. The predicted molar refractivity (Wildman–Crippen MR) is 52.7 cm³/mol. The van der Waals surface area contributed by atoms with E-state index in [0.717, 1.165) is 32.5 Å². The summed E-state index contributed by atoms with van der Waals surface area (Å²) >= 11 is 0. The highest BCUT2D eigenvalue weighted by Gasteiger charge is 2.30. The lowest BCUT2D eigenvalue weighted by molar-refractivity contribution is 0.0587. The maximum absolute atomic E-state index is 9.39. The summed E-state index contributed by atoms with van der Waals surface area (Å²) in [6, 6.07) is 1.35. The Morgan fingerprint density at radius 2 is 1.92 bits per heavy atom. The normalized spacial score (nSPS) is 38.3. The molecular weight excluding hydrogens is 164 g/mol. The van der Waals surface area contributed by atoms with Crippen molar-refractivity contribution in [2.45, 2.75) is 44.4 Å². The minimum atomic E-state index is -0.0408. The van der Waals surface area contributed by atoms with Crippen LogP contribution >= 0.6 is 0 Å². The Morgan fingerprint density at radius 3 is 2.46 bits per heavy atom. The zero-order chi connectivity index (χ0) is 9.26. The van der Waals surface area contributed by atoms with Crippen LogP contribution < -0.4 is 5.32 Å². The Bertz CT molecular complexity index is 166. The Balaban J connectivity index is 1.86. The van der Waals surface area contributed by atoms with E-state index in [1.165, 1.54) is 6.42 Å². The number of nitrogens with one attached hydrogen (secondary N) is 1. The van der Waals surface area contributed by atoms with E-state index in [9.17, 15) is 5.11 Å². The summed E-state index contributed by atoms with van der Waals surface area (Å²) in [4.78, 5) is 2.54. The second-order valence-electron chi connectivity index (χ2n) is 4.37. The molecule has 0 radical (unpaired) electrons. The number of piperidine rings is 1. The number of aliphatic hydroxyl groups is 1. The quantitative estimate of drug-likeness (QED) is 0.611. The summed E-state index contributed by atoms with van der Waals surface area (Å²) in [7, 11) is 0. The second-order valence-corrected chi connectivity index (χ2v) is 4.37. The van der Waals surface area contributed by atoms with Crippen LogP contribution in [0.2, 0.25) is 0 Å². The first kappa shape index (κ1) is 9.44. The number of hydrogen-bond acceptors (Lipinski definition) is 3. The minimum Gasteiger partial charge on any atom is -0.393 e. The monoisotopic (exact) mass is 184 g/mol. The lowest BCUT2D eigenvalue weighted by atomic mass is 10.0. The van der Waals surface area contributed by atoms with Crippen molar-refractivity contribution in [3.63, 3.8) is 0 Å². The molecule has 0 aliphatic carbocycles. The van der Waals surface area contributed by atoms with E-state index in [0.29, 0.717) is 12.1 Å². The van der Waals surface area contributed by atoms with E-state index in [2.05, 4.69) is 17.1 Å². The van der Waals surface area contributed by atoms with Gasteiger partial charge in [0.25, 0.3) is 0 Å². The van der Waals surface area contributed by atoms with Crippen LogP contribution in [0.25, 0.3) is 0 Å². The Kier molecular flexibility index (Phi) is 2.86. The van der Waals surface area contributed by atoms with Crippen LogP contribution in [-0.2, 0) is 0 Å². The third-order valence-corrected chi connectivity index (χ3v) is 3.45. The van der Waals surface area contributed by atoms with Gasteiger partial charge in [0.1, 0.15) is 0 Å². The van der Waals surface area contributed by atoms with Crippen molar-refractivity contribution in [1.29, 1.82) is 0 Å². The van der Waals surface area contributed by atoms with Crippen molar-refractivity contribution in [2.75, 3.05) is 19.6 Å². The SMILES string of the molecule is C[C@H]1NCC[C@@H]1N1CCC(O)CC1. The molecule has 13 heavy (non-hydrogen) atoms. The van der Waals surface area contributed by atoms with Crippen molar-refractivity contribution in [2.24, 2.45) is 0 Å². The maximum atomic E-state index is 9.39. The van der Waals surface area contributed by atoms with Crippen molar-refractivity contribution < 1.29 is 5.11 Å². The molecule has 2 aliphatic rings. The largest absolute Gasteiger partial charge is 0.393 e. The first-order valence-electron chi connectivity index (χ1n) is 5.43. The Hall–Kier alpha value is -0.120. The third kappa shape index (κ3) is 2.03. The van der Waals surface area contributed by atoms with Crippen LogP contribution in [0.4, 0.5) is 0 Å². The molecule has 2 heterocycles. The highest BCUT2D eigenvalue weighted by Crippen LogP contribution is 2.19. The van der Waals surface area contributed by atoms with Crippen LogP contribution in [0.5, 0.6) is 0 Å². The zero-order valence-electron chi connectivity index (χ0n) is 8.37. The minimum absolute atomic E-state index is 0.0408. The first-order chi connectivity index (χ1) is 6.27. The van der Waals surface area contributed by atoms with Crippen LogP contribution in [0, 0.1) is 0 Å². The average molecular weight is 184 g/mol. The van der Waals surface area contributed by atoms with Gasteiger partial charge in [-0.05, 0) is 32.7 Å². The summed E-state index contributed by atoms with van der Waals surface area (Å²) in [5, 5.41) is 12.9. The van der Waals surface area contributed by atoms with E-state index in [1.54, 1.807) is 0 Å². The molecule has 2 fully saturated rings. The van der Waals surface area contributed by atoms with Crippen LogP contribution in [-0.4, -0.2) is 47.8 Å². The van der Waals surface area contributed by atoms with Gasteiger partial charge in [-0.1, -0.05) is 0 Å². The summed E-state index contributed by atoms with van der Waals surface area (Å²) < 4.78 is 0. The highest BCUT2D eigenvalue weighted by atomic mass is 16.3. The van der Waals surface area contributed by atoms with Gasteiger partial charge in [0, 0.05) is 25.2 Å². The molecule has 0 aromatic heterocycles. The number of aliphatic hydroxyl groups excluding tert-OH is 1. The maximum Gasteiger partial charge on any atom is 0.0564 e. The smallest absolute Gasteiger partial charge is 0.0564 e. The van der Waals surface area contributed by atoms with Crippen molar-refractivity contribution in [3.8, 4) is 0 Å². The van der Waals surface area contributed by atoms with E-state index in [-0.39, 0.29) is 6.10 Å². The standard InChI is InChI=1S/C10H20N2O/c1-8-10(2-5-11-8)12-6-3-9(13)4-7-12/h8-11,13H,2-7H2,1H3/t8-,10+/m1/s1. The number of hydrogen-bond donors (Lipinski definition) is 2. The van der Waals surface area contributed by atoms with Gasteiger partial charge in [-0.3, -0.25) is 4.90 Å². The van der Waals surface area contributed by atoms with E-state index < -0.39 is 0 Å². The lowest BCUT2D eigenvalue weighted by Crippen LogP contribution is -2.47. The zero-order valence-corrected chi connectivity index (χ0v) is 8.37. The molecule has 3 heteroatoms. The van der Waals surface area contributed by atoms with Gasteiger partial charge < -0.3 is 10.4 Å². The van der Waals surface area contributed by atoms with Gasteiger partial charge in [-0.25, -0.2) is 0 Å². The molecule has 2 rings (SSSR count). The highest BCUT2D eigenvalue weighted by molar-refractivity contribution is 4.89. The van der Waals surface area contributed by atoms with Gasteiger partial charge in [0.05, 0.1) is 6.10 Å². The van der Waals surface area contributed by atoms with Crippen molar-refractivity contribution in [1.82, 2.24) is 10.2 Å². The van der Waals surface area contributed by atoms with E-state index in [1.807, 2.05) is 0 Å². The molecule has 0 spiro atoms. The molecule has 0 aromatic carbocycles. The van der Waals surface area contributed by atoms with Gasteiger partial charge >= 0.3 is 0 Å². The van der Waals surface area contributed by atoms with Crippen LogP contribution in [0.1, 0.15) is 26.2 Å². The van der Waals surface area contributed by atoms with Gasteiger partial charge in [0.2, 0.25) is 0 Å². The average Bonchev–Trinajstić information content (AvgIpc) is 2.53. The topological polar surface area (TPSA) is 35.5 Å². The number of rotatable bonds is 1. The molecular formula is C10H20N2O. The summed E-state index contributed by atoms with van der Waals surface area (Å²) in [6.07, 6.45) is 3.16. The van der Waals surface area contributed by atoms with Crippen LogP contribution in [0.3, 0.4) is 0 Å². The third-order valence-electron chi connectivity index (χ3n) is 3.45. The molecule has 0 aromatic rings. The van der Waals surface area contributed by atoms with Crippen molar-refractivity contribution >= 4 is 0 Å². The fourth-order valence-corrected chi connectivity index (χ4v) is 2.56. The summed E-state index contributed by atoms with van der Waals surface area (Å²) in [5.74, 6) is 0. The first-order valence-corrected chi connectivity index (χ1v) is 5.43. The van der Waals surface area contributed by atoms with Gasteiger partial charge in [-0.15, -0.1) is 0 Å². The number of likely N-dealkylation sites (tertiary alicyclic amines) is 1. The molecule has 3 nitrogen and oxygen atoms in total. The second kappa shape index (κ2) is 3.95. The predicted octanol–water partition coefficient (Wildman–Crippen LogP) is 0.193. The molecule has 0 saturated carbocycles. The summed E-state index contributed by atoms with van der Waals surface area (Å²) in [6.45, 7) is 5.59. The molecule has 0 bridgehead atoms. The number of nitrogens with zero attached hydrogens (tertiary/aromatic N) is 1. The molecule has 2 N–H and O–H groups in total. The molecule has 0 amide bonds. The summed E-state index contributed by atoms with van der Waals surface area (Å²) in [5.41, 5.74) is 0. The van der Waals surface area contributed by atoms with E-state index >= 15 is 0 Å². The molecule has 2 aliphatic heterocycles. The Labute approximate surface area is 80.1 Å². The Morgan fingerprint density at radius 1 is 1.23 bits per heavy atom. The van der Waals surface area contributed by atoms with Crippen molar-refractivity contribution in [3.05, 3.63) is 0 Å². The lowest BCUT2D eigenvalue weighted by Gasteiger charge is -2.36.